The van der Waals surface area contributed by atoms with Crippen LogP contribution in [-0.4, -0.2) is 36.2 Å². The molecular weight excluding hydrogens is 388 g/mol. The fourth-order valence-electron chi connectivity index (χ4n) is 3.66. The Morgan fingerprint density at radius 1 is 1.25 bits per heavy atom. The molecule has 0 bridgehead atoms. The molecule has 0 saturated carbocycles. The number of piperidine rings is 1. The van der Waals surface area contributed by atoms with E-state index in [1.807, 2.05) is 30.0 Å². The van der Waals surface area contributed by atoms with Gasteiger partial charge in [-0.2, -0.15) is 11.8 Å². The van der Waals surface area contributed by atoms with Gasteiger partial charge in [0, 0.05) is 36.2 Å². The zero-order chi connectivity index (χ0) is 19.8. The highest BCUT2D eigenvalue weighted by molar-refractivity contribution is 7.98. The number of rotatable bonds is 8. The van der Waals surface area contributed by atoms with Crippen molar-refractivity contribution in [3.63, 3.8) is 0 Å². The minimum atomic E-state index is 0.0815. The standard InChI is InChI=1S/C23H29ClN2OS/c1-18-6-4-7-19(14-18)17-28-13-11-25-23(27)21-9-5-12-26(16-21)15-20-8-2-3-10-22(20)24/h2-4,6-8,10,14,21H,5,9,11-13,15-17H2,1H3,(H,25,27)/t21-/m0/s1. The molecule has 2 aromatic carbocycles. The average Bonchev–Trinajstić information content (AvgIpc) is 2.70. The van der Waals surface area contributed by atoms with Crippen molar-refractivity contribution in [2.75, 3.05) is 25.4 Å². The SMILES string of the molecule is Cc1cccc(CSCCNC(=O)[C@H]2CCCN(Cc3ccccc3Cl)C2)c1. The summed E-state index contributed by atoms with van der Waals surface area (Å²) < 4.78 is 0. The predicted octanol–water partition coefficient (Wildman–Crippen LogP) is 4.91. The van der Waals surface area contributed by atoms with E-state index in [1.54, 1.807) is 0 Å². The number of carbonyl (C=O) groups excluding carboxylic acids is 1. The third kappa shape index (κ3) is 6.54. The lowest BCUT2D eigenvalue weighted by molar-refractivity contribution is -0.126. The van der Waals surface area contributed by atoms with Crippen LogP contribution in [0.25, 0.3) is 0 Å². The number of thioether (sulfide) groups is 1. The quantitative estimate of drug-likeness (QED) is 0.620. The molecule has 0 spiro atoms. The highest BCUT2D eigenvalue weighted by atomic mass is 35.5. The van der Waals surface area contributed by atoms with E-state index < -0.39 is 0 Å². The number of nitrogens with zero attached hydrogens (tertiary/aromatic N) is 1. The lowest BCUT2D eigenvalue weighted by atomic mass is 9.96. The minimum absolute atomic E-state index is 0.0815. The second kappa shape index (κ2) is 10.9. The van der Waals surface area contributed by atoms with Crippen LogP contribution in [-0.2, 0) is 17.1 Å². The number of carbonyl (C=O) groups is 1. The second-order valence-corrected chi connectivity index (χ2v) is 9.01. The Morgan fingerprint density at radius 3 is 2.93 bits per heavy atom. The Bertz CT molecular complexity index is 783. The van der Waals surface area contributed by atoms with E-state index in [0.717, 1.165) is 61.1 Å². The maximum atomic E-state index is 12.6. The van der Waals surface area contributed by atoms with Crippen molar-refractivity contribution in [2.45, 2.75) is 32.1 Å². The van der Waals surface area contributed by atoms with Gasteiger partial charge in [0.25, 0.3) is 0 Å². The summed E-state index contributed by atoms with van der Waals surface area (Å²) in [5, 5.41) is 3.94. The summed E-state index contributed by atoms with van der Waals surface area (Å²) >= 11 is 8.15. The highest BCUT2D eigenvalue weighted by Gasteiger charge is 2.25. The predicted molar refractivity (Wildman–Crippen MR) is 120 cm³/mol. The van der Waals surface area contributed by atoms with E-state index in [9.17, 15) is 4.79 Å². The van der Waals surface area contributed by atoms with Crippen LogP contribution < -0.4 is 5.32 Å². The molecule has 1 heterocycles. The molecule has 1 atom stereocenters. The fraction of sp³-hybridized carbons (Fsp3) is 0.435. The first-order valence-corrected chi connectivity index (χ1v) is 11.5. The van der Waals surface area contributed by atoms with Gasteiger partial charge in [-0.25, -0.2) is 0 Å². The van der Waals surface area contributed by atoms with Gasteiger partial charge in [-0.1, -0.05) is 59.6 Å². The van der Waals surface area contributed by atoms with Crippen molar-refractivity contribution in [1.29, 1.82) is 0 Å². The molecule has 0 aromatic heterocycles. The van der Waals surface area contributed by atoms with E-state index >= 15 is 0 Å². The summed E-state index contributed by atoms with van der Waals surface area (Å²) in [6.45, 7) is 5.51. The van der Waals surface area contributed by atoms with Crippen molar-refractivity contribution >= 4 is 29.3 Å². The van der Waals surface area contributed by atoms with Gasteiger partial charge in [0.1, 0.15) is 0 Å². The Balaban J connectivity index is 1.37. The normalized spacial score (nSPS) is 17.4. The maximum absolute atomic E-state index is 12.6. The summed E-state index contributed by atoms with van der Waals surface area (Å²) in [5.41, 5.74) is 3.78. The zero-order valence-electron chi connectivity index (χ0n) is 16.5. The van der Waals surface area contributed by atoms with Gasteiger partial charge in [-0.15, -0.1) is 0 Å². The van der Waals surface area contributed by atoms with Crippen LogP contribution in [0.4, 0.5) is 0 Å². The van der Waals surface area contributed by atoms with Crippen LogP contribution in [0.2, 0.25) is 5.02 Å². The fourth-order valence-corrected chi connectivity index (χ4v) is 4.66. The maximum Gasteiger partial charge on any atom is 0.224 e. The minimum Gasteiger partial charge on any atom is -0.355 e. The molecule has 0 unspecified atom stereocenters. The highest BCUT2D eigenvalue weighted by Crippen LogP contribution is 2.22. The van der Waals surface area contributed by atoms with Crippen LogP contribution in [0.5, 0.6) is 0 Å². The van der Waals surface area contributed by atoms with Crippen molar-refractivity contribution in [3.8, 4) is 0 Å². The first-order chi connectivity index (χ1) is 13.6. The van der Waals surface area contributed by atoms with Gasteiger partial charge in [-0.3, -0.25) is 9.69 Å². The lowest BCUT2D eigenvalue weighted by Gasteiger charge is -2.32. The molecule has 0 aliphatic carbocycles. The number of halogens is 1. The largest absolute Gasteiger partial charge is 0.355 e. The van der Waals surface area contributed by atoms with Gasteiger partial charge < -0.3 is 5.32 Å². The molecule has 1 amide bonds. The summed E-state index contributed by atoms with van der Waals surface area (Å²) in [7, 11) is 0. The number of likely N-dealkylation sites (tertiary alicyclic amines) is 1. The molecule has 1 N–H and O–H groups in total. The topological polar surface area (TPSA) is 32.3 Å². The number of nitrogens with one attached hydrogen (secondary N) is 1. The molecule has 1 saturated heterocycles. The van der Waals surface area contributed by atoms with E-state index in [0.29, 0.717) is 0 Å². The Morgan fingerprint density at radius 2 is 2.11 bits per heavy atom. The average molecular weight is 417 g/mol. The van der Waals surface area contributed by atoms with Crippen LogP contribution in [0.15, 0.2) is 48.5 Å². The van der Waals surface area contributed by atoms with Gasteiger partial charge in [0.15, 0.2) is 0 Å². The molecule has 3 rings (SSSR count). The Hall–Kier alpha value is -1.49. The lowest BCUT2D eigenvalue weighted by Crippen LogP contribution is -2.43. The summed E-state index contributed by atoms with van der Waals surface area (Å²) in [4.78, 5) is 14.9. The van der Waals surface area contributed by atoms with Gasteiger partial charge in [0.05, 0.1) is 5.92 Å². The van der Waals surface area contributed by atoms with Crippen LogP contribution in [0.3, 0.4) is 0 Å². The smallest absolute Gasteiger partial charge is 0.224 e. The van der Waals surface area contributed by atoms with Crippen molar-refractivity contribution < 1.29 is 4.79 Å². The second-order valence-electron chi connectivity index (χ2n) is 7.50. The van der Waals surface area contributed by atoms with Gasteiger partial charge in [-0.05, 0) is 43.5 Å². The molecule has 1 fully saturated rings. The molecule has 28 heavy (non-hydrogen) atoms. The van der Waals surface area contributed by atoms with Gasteiger partial charge in [0.2, 0.25) is 5.91 Å². The van der Waals surface area contributed by atoms with E-state index in [2.05, 4.69) is 47.5 Å². The number of benzene rings is 2. The first kappa shape index (κ1) is 21.2. The summed E-state index contributed by atoms with van der Waals surface area (Å²) in [5.74, 6) is 2.21. The third-order valence-electron chi connectivity index (χ3n) is 5.12. The van der Waals surface area contributed by atoms with Crippen molar-refractivity contribution in [1.82, 2.24) is 10.2 Å². The zero-order valence-corrected chi connectivity index (χ0v) is 18.1. The van der Waals surface area contributed by atoms with E-state index in [4.69, 9.17) is 11.6 Å². The molecule has 1 aliphatic heterocycles. The summed E-state index contributed by atoms with van der Waals surface area (Å²) in [6, 6.07) is 16.6. The van der Waals surface area contributed by atoms with Crippen LogP contribution in [0, 0.1) is 12.8 Å². The molecule has 0 radical (unpaired) electrons. The Kier molecular flexibility index (Phi) is 8.26. The number of hydrogen-bond acceptors (Lipinski definition) is 3. The molecule has 2 aromatic rings. The van der Waals surface area contributed by atoms with Crippen molar-refractivity contribution in [3.05, 3.63) is 70.2 Å². The molecule has 3 nitrogen and oxygen atoms in total. The molecular formula is C23H29ClN2OS. The summed E-state index contributed by atoms with van der Waals surface area (Å²) in [6.07, 6.45) is 2.03. The Labute approximate surface area is 177 Å². The van der Waals surface area contributed by atoms with Crippen molar-refractivity contribution in [2.24, 2.45) is 5.92 Å². The monoisotopic (exact) mass is 416 g/mol. The first-order valence-electron chi connectivity index (χ1n) is 9.98. The number of hydrogen-bond donors (Lipinski definition) is 1. The van der Waals surface area contributed by atoms with Gasteiger partial charge >= 0.3 is 0 Å². The van der Waals surface area contributed by atoms with Crippen LogP contribution in [0.1, 0.15) is 29.5 Å². The van der Waals surface area contributed by atoms with E-state index in [-0.39, 0.29) is 11.8 Å². The molecule has 1 aliphatic rings. The third-order valence-corrected chi connectivity index (χ3v) is 6.52. The van der Waals surface area contributed by atoms with Crippen LogP contribution >= 0.6 is 23.4 Å². The molecule has 150 valence electrons. The number of aryl methyl sites for hydroxylation is 1. The molecule has 5 heteroatoms. The van der Waals surface area contributed by atoms with E-state index in [1.165, 1.54) is 11.1 Å². The number of amides is 1.